The highest BCUT2D eigenvalue weighted by atomic mass is 32.2. The molecule has 80 valence electrons. The second kappa shape index (κ2) is 3.85. The highest BCUT2D eigenvalue weighted by Crippen LogP contribution is 2.31. The molecule has 0 saturated carbocycles. The van der Waals surface area contributed by atoms with Crippen LogP contribution in [0.1, 0.15) is 20.3 Å². The van der Waals surface area contributed by atoms with E-state index in [4.69, 9.17) is 4.84 Å². The van der Waals surface area contributed by atoms with Crippen molar-refractivity contribution < 1.29 is 9.23 Å². The molecule has 0 amide bonds. The Morgan fingerprint density at radius 3 is 2.87 bits per heavy atom. The molecule has 0 atom stereocenters. The Balaban J connectivity index is 2.05. The van der Waals surface area contributed by atoms with Gasteiger partial charge in [-0.15, -0.1) is 0 Å². The molecule has 0 saturated heterocycles. The minimum Gasteiger partial charge on any atom is -0.389 e. The lowest BCUT2D eigenvalue weighted by molar-refractivity contribution is 0.0123. The normalized spacial score (nSPS) is 18.5. The third-order valence-corrected chi connectivity index (χ3v) is 2.95. The standard InChI is InChI=1S/C11H12FNOS/c1-11(2)7-10(13-14-11)15-9-5-3-4-8(12)6-9/h3-6H,7H2,1-2H3. The van der Waals surface area contributed by atoms with Crippen molar-refractivity contribution in [3.05, 3.63) is 30.1 Å². The van der Waals surface area contributed by atoms with Crippen molar-refractivity contribution in [3.8, 4) is 0 Å². The van der Waals surface area contributed by atoms with E-state index in [-0.39, 0.29) is 11.4 Å². The lowest BCUT2D eigenvalue weighted by Crippen LogP contribution is -2.18. The average Bonchev–Trinajstić information content (AvgIpc) is 2.45. The van der Waals surface area contributed by atoms with Gasteiger partial charge >= 0.3 is 0 Å². The van der Waals surface area contributed by atoms with Crippen LogP contribution >= 0.6 is 11.8 Å². The zero-order valence-electron chi connectivity index (χ0n) is 8.66. The molecule has 1 aromatic carbocycles. The summed E-state index contributed by atoms with van der Waals surface area (Å²) in [6.07, 6.45) is 0.772. The molecule has 1 aliphatic heterocycles. The molecule has 2 nitrogen and oxygen atoms in total. The van der Waals surface area contributed by atoms with Gasteiger partial charge in [0.25, 0.3) is 0 Å². The Labute approximate surface area is 92.5 Å². The van der Waals surface area contributed by atoms with Gasteiger partial charge in [0.2, 0.25) is 0 Å². The quantitative estimate of drug-likeness (QED) is 0.730. The van der Waals surface area contributed by atoms with Crippen LogP contribution in [0.15, 0.2) is 34.3 Å². The van der Waals surface area contributed by atoms with Crippen molar-refractivity contribution in [2.45, 2.75) is 30.8 Å². The lowest BCUT2D eigenvalue weighted by Gasteiger charge is -2.12. The Kier molecular flexibility index (Phi) is 2.69. The summed E-state index contributed by atoms with van der Waals surface area (Å²) in [5.41, 5.74) is -0.227. The van der Waals surface area contributed by atoms with Gasteiger partial charge in [0, 0.05) is 11.3 Å². The first-order valence-electron chi connectivity index (χ1n) is 4.74. The Bertz CT molecular complexity index is 403. The van der Waals surface area contributed by atoms with Gasteiger partial charge in [-0.2, -0.15) is 0 Å². The van der Waals surface area contributed by atoms with E-state index in [1.807, 2.05) is 19.9 Å². The number of hydrogen-bond donors (Lipinski definition) is 0. The molecule has 4 heteroatoms. The van der Waals surface area contributed by atoms with Crippen LogP contribution in [0.25, 0.3) is 0 Å². The SMILES string of the molecule is CC1(C)CC(Sc2cccc(F)c2)=NO1. The third kappa shape index (κ3) is 2.72. The molecule has 1 heterocycles. The van der Waals surface area contributed by atoms with Crippen LogP contribution in [-0.2, 0) is 4.84 Å². The molecule has 0 radical (unpaired) electrons. The summed E-state index contributed by atoms with van der Waals surface area (Å²) in [6.45, 7) is 3.96. The maximum absolute atomic E-state index is 12.9. The summed E-state index contributed by atoms with van der Waals surface area (Å²) in [5.74, 6) is -0.223. The number of halogens is 1. The maximum Gasteiger partial charge on any atom is 0.138 e. The van der Waals surface area contributed by atoms with Gasteiger partial charge in [-0.05, 0) is 32.0 Å². The van der Waals surface area contributed by atoms with E-state index in [2.05, 4.69) is 5.16 Å². The molecular weight excluding hydrogens is 213 g/mol. The first-order valence-corrected chi connectivity index (χ1v) is 5.55. The number of hydrogen-bond acceptors (Lipinski definition) is 3. The van der Waals surface area contributed by atoms with Crippen molar-refractivity contribution in [3.63, 3.8) is 0 Å². The molecule has 0 spiro atoms. The fourth-order valence-corrected chi connectivity index (χ4v) is 2.41. The van der Waals surface area contributed by atoms with Crippen LogP contribution in [0.4, 0.5) is 4.39 Å². The number of oxime groups is 1. The fraction of sp³-hybridized carbons (Fsp3) is 0.364. The maximum atomic E-state index is 12.9. The van der Waals surface area contributed by atoms with E-state index in [9.17, 15) is 4.39 Å². The Hall–Kier alpha value is -1.03. The summed E-state index contributed by atoms with van der Waals surface area (Å²) in [4.78, 5) is 6.09. The van der Waals surface area contributed by atoms with Crippen LogP contribution < -0.4 is 0 Å². The summed E-state index contributed by atoms with van der Waals surface area (Å²) in [5, 5.41) is 4.86. The molecule has 2 rings (SSSR count). The third-order valence-electron chi connectivity index (χ3n) is 2.00. The monoisotopic (exact) mass is 225 g/mol. The molecule has 0 aliphatic carbocycles. The average molecular weight is 225 g/mol. The van der Waals surface area contributed by atoms with Crippen LogP contribution in [0, 0.1) is 5.82 Å². The van der Waals surface area contributed by atoms with Crippen molar-refractivity contribution in [1.29, 1.82) is 0 Å². The van der Waals surface area contributed by atoms with Crippen molar-refractivity contribution in [2.24, 2.45) is 5.16 Å². The number of rotatable bonds is 1. The summed E-state index contributed by atoms with van der Waals surface area (Å²) >= 11 is 1.45. The van der Waals surface area contributed by atoms with Gasteiger partial charge in [0.1, 0.15) is 16.5 Å². The molecule has 0 N–H and O–H groups in total. The van der Waals surface area contributed by atoms with Gasteiger partial charge in [-0.3, -0.25) is 0 Å². The van der Waals surface area contributed by atoms with Crippen molar-refractivity contribution in [2.75, 3.05) is 0 Å². The zero-order valence-corrected chi connectivity index (χ0v) is 9.47. The zero-order chi connectivity index (χ0) is 10.9. The second-order valence-corrected chi connectivity index (χ2v) is 5.22. The smallest absolute Gasteiger partial charge is 0.138 e. The fourth-order valence-electron chi connectivity index (χ4n) is 1.32. The number of benzene rings is 1. The summed E-state index contributed by atoms with van der Waals surface area (Å²) in [6, 6.07) is 6.49. The first-order chi connectivity index (χ1) is 7.05. The van der Waals surface area contributed by atoms with Crippen LogP contribution in [0.2, 0.25) is 0 Å². The molecule has 0 bridgehead atoms. The predicted octanol–water partition coefficient (Wildman–Crippen LogP) is 3.43. The highest BCUT2D eigenvalue weighted by Gasteiger charge is 2.29. The predicted molar refractivity (Wildman–Crippen MR) is 59.5 cm³/mol. The first kappa shape index (κ1) is 10.5. The van der Waals surface area contributed by atoms with Crippen molar-refractivity contribution >= 4 is 16.8 Å². The molecule has 0 aromatic heterocycles. The van der Waals surface area contributed by atoms with E-state index >= 15 is 0 Å². The van der Waals surface area contributed by atoms with Gasteiger partial charge in [-0.1, -0.05) is 23.0 Å². The van der Waals surface area contributed by atoms with Gasteiger partial charge in [-0.25, -0.2) is 4.39 Å². The molecular formula is C11H12FNOS. The van der Waals surface area contributed by atoms with E-state index < -0.39 is 0 Å². The van der Waals surface area contributed by atoms with E-state index in [1.54, 1.807) is 6.07 Å². The largest absolute Gasteiger partial charge is 0.389 e. The number of thioether (sulfide) groups is 1. The van der Waals surface area contributed by atoms with E-state index in [0.29, 0.717) is 0 Å². The summed E-state index contributed by atoms with van der Waals surface area (Å²) in [7, 11) is 0. The van der Waals surface area contributed by atoms with Crippen LogP contribution in [-0.4, -0.2) is 10.6 Å². The highest BCUT2D eigenvalue weighted by molar-refractivity contribution is 8.14. The van der Waals surface area contributed by atoms with Gasteiger partial charge in [0.05, 0.1) is 0 Å². The molecule has 0 unspecified atom stereocenters. The molecule has 1 aliphatic rings. The lowest BCUT2D eigenvalue weighted by atomic mass is 10.1. The van der Waals surface area contributed by atoms with Crippen molar-refractivity contribution in [1.82, 2.24) is 0 Å². The topological polar surface area (TPSA) is 21.6 Å². The van der Waals surface area contributed by atoms with Crippen LogP contribution in [0.3, 0.4) is 0 Å². The Morgan fingerprint density at radius 1 is 1.47 bits per heavy atom. The molecule has 15 heavy (non-hydrogen) atoms. The second-order valence-electron chi connectivity index (χ2n) is 4.07. The van der Waals surface area contributed by atoms with E-state index in [1.165, 1.54) is 23.9 Å². The minimum atomic E-state index is -0.227. The number of nitrogens with zero attached hydrogens (tertiary/aromatic N) is 1. The Morgan fingerprint density at radius 2 is 2.27 bits per heavy atom. The molecule has 1 aromatic rings. The molecule has 0 fully saturated rings. The van der Waals surface area contributed by atoms with Gasteiger partial charge in [0.15, 0.2) is 0 Å². The summed E-state index contributed by atoms with van der Waals surface area (Å²) < 4.78 is 12.9. The van der Waals surface area contributed by atoms with Gasteiger partial charge < -0.3 is 4.84 Å². The van der Waals surface area contributed by atoms with Crippen LogP contribution in [0.5, 0.6) is 0 Å². The van der Waals surface area contributed by atoms with E-state index in [0.717, 1.165) is 16.4 Å². The minimum absolute atomic E-state index is 0.223.